The molecule has 6 nitrogen and oxygen atoms in total. The Labute approximate surface area is 175 Å². The zero-order chi connectivity index (χ0) is 22.8. The fourth-order valence-electron chi connectivity index (χ4n) is 3.30. The van der Waals surface area contributed by atoms with Crippen LogP contribution in [0.5, 0.6) is 5.75 Å². The Balaban J connectivity index is 1.55. The largest absolute Gasteiger partial charge is 0.573 e. The van der Waals surface area contributed by atoms with Crippen molar-refractivity contribution < 1.29 is 37.0 Å². The van der Waals surface area contributed by atoms with Crippen LogP contribution in [0.1, 0.15) is 23.7 Å². The molecule has 10 heteroatoms. The van der Waals surface area contributed by atoms with Gasteiger partial charge in [0.15, 0.2) is 0 Å². The van der Waals surface area contributed by atoms with Gasteiger partial charge >= 0.3 is 6.36 Å². The molecule has 0 radical (unpaired) electrons. The van der Waals surface area contributed by atoms with E-state index in [1.807, 2.05) is 0 Å². The summed E-state index contributed by atoms with van der Waals surface area (Å²) in [4.78, 5) is 25.9. The monoisotopic (exact) mass is 440 g/mol. The maximum Gasteiger partial charge on any atom is 0.573 e. The van der Waals surface area contributed by atoms with E-state index < -0.39 is 35.9 Å². The number of alkyl halides is 3. The number of benzene rings is 2. The van der Waals surface area contributed by atoms with Crippen molar-refractivity contribution in [2.24, 2.45) is 5.92 Å². The van der Waals surface area contributed by atoms with Gasteiger partial charge in [-0.15, -0.1) is 13.2 Å². The van der Waals surface area contributed by atoms with Gasteiger partial charge in [-0.3, -0.25) is 9.59 Å². The first kappa shape index (κ1) is 22.5. The molecular weight excluding hydrogens is 420 g/mol. The highest BCUT2D eigenvalue weighted by Gasteiger charge is 2.36. The van der Waals surface area contributed by atoms with Crippen molar-refractivity contribution in [3.8, 4) is 5.75 Å². The number of ether oxygens (including phenoxy) is 1. The molecular formula is C21H20F4N2O4. The number of rotatable bonds is 6. The van der Waals surface area contributed by atoms with Crippen molar-refractivity contribution in [3.05, 3.63) is 59.4 Å². The van der Waals surface area contributed by atoms with E-state index >= 15 is 0 Å². The SMILES string of the molecule is Cc1ccc(N2CC(C(=O)NCC(O)c3ccc(OC(F)(F)F)cc3)CC2=O)c(F)c1. The summed E-state index contributed by atoms with van der Waals surface area (Å²) in [6, 6.07) is 9.06. The highest BCUT2D eigenvalue weighted by Crippen LogP contribution is 2.28. The number of halogens is 4. The Kier molecular flexibility index (Phi) is 6.49. The van der Waals surface area contributed by atoms with E-state index in [0.29, 0.717) is 5.56 Å². The average Bonchev–Trinajstić information content (AvgIpc) is 3.07. The molecule has 2 amide bonds. The number of aliphatic hydroxyl groups is 1. The molecule has 2 N–H and O–H groups in total. The molecule has 1 saturated heterocycles. The molecule has 2 unspecified atom stereocenters. The van der Waals surface area contributed by atoms with Crippen LogP contribution in [0.2, 0.25) is 0 Å². The molecule has 0 aliphatic carbocycles. The van der Waals surface area contributed by atoms with Crippen LogP contribution in [0.25, 0.3) is 0 Å². The predicted molar refractivity (Wildman–Crippen MR) is 103 cm³/mol. The third-order valence-corrected chi connectivity index (χ3v) is 4.86. The van der Waals surface area contributed by atoms with Gasteiger partial charge in [-0.2, -0.15) is 0 Å². The van der Waals surface area contributed by atoms with E-state index in [1.54, 1.807) is 13.0 Å². The van der Waals surface area contributed by atoms with Gasteiger partial charge in [0.2, 0.25) is 11.8 Å². The van der Waals surface area contributed by atoms with E-state index in [0.717, 1.165) is 12.1 Å². The normalized spacial score (nSPS) is 17.5. The second-order valence-corrected chi connectivity index (χ2v) is 7.24. The average molecular weight is 440 g/mol. The lowest BCUT2D eigenvalue weighted by Gasteiger charge is -2.18. The summed E-state index contributed by atoms with van der Waals surface area (Å²) < 4.78 is 54.5. The number of carbonyl (C=O) groups excluding carboxylic acids is 2. The van der Waals surface area contributed by atoms with Crippen LogP contribution in [-0.2, 0) is 9.59 Å². The van der Waals surface area contributed by atoms with Gasteiger partial charge in [0, 0.05) is 19.5 Å². The first-order chi connectivity index (χ1) is 14.5. The smallest absolute Gasteiger partial charge is 0.406 e. The van der Waals surface area contributed by atoms with Crippen LogP contribution in [0.15, 0.2) is 42.5 Å². The van der Waals surface area contributed by atoms with Gasteiger partial charge in [-0.05, 0) is 42.3 Å². The Hall–Kier alpha value is -3.14. The topological polar surface area (TPSA) is 78.9 Å². The number of aliphatic hydroxyl groups excluding tert-OH is 1. The third-order valence-electron chi connectivity index (χ3n) is 4.86. The van der Waals surface area contributed by atoms with E-state index in [4.69, 9.17) is 0 Å². The van der Waals surface area contributed by atoms with Gasteiger partial charge in [0.1, 0.15) is 11.6 Å². The van der Waals surface area contributed by atoms with E-state index in [-0.39, 0.29) is 36.7 Å². The maximum absolute atomic E-state index is 14.2. The molecule has 166 valence electrons. The highest BCUT2D eigenvalue weighted by atomic mass is 19.4. The minimum Gasteiger partial charge on any atom is -0.406 e. The molecule has 1 heterocycles. The van der Waals surface area contributed by atoms with Crippen molar-refractivity contribution in [1.82, 2.24) is 5.32 Å². The molecule has 0 saturated carbocycles. The number of anilines is 1. The van der Waals surface area contributed by atoms with Crippen LogP contribution in [-0.4, -0.2) is 36.4 Å². The Morgan fingerprint density at radius 1 is 1.26 bits per heavy atom. The summed E-state index contributed by atoms with van der Waals surface area (Å²) in [5.41, 5.74) is 1.09. The number of carbonyl (C=O) groups is 2. The first-order valence-corrected chi connectivity index (χ1v) is 9.41. The molecule has 1 aliphatic heterocycles. The van der Waals surface area contributed by atoms with Crippen molar-refractivity contribution in [3.63, 3.8) is 0 Å². The molecule has 0 spiro atoms. The van der Waals surface area contributed by atoms with Gasteiger partial charge in [0.25, 0.3) is 0 Å². The standard InChI is InChI=1S/C21H20F4N2O4/c1-12-2-7-17(16(22)8-12)27-11-14(9-19(27)29)20(30)26-10-18(28)13-3-5-15(6-4-13)31-21(23,24)25/h2-8,14,18,28H,9-11H2,1H3,(H,26,30). The van der Waals surface area contributed by atoms with Crippen LogP contribution in [0.3, 0.4) is 0 Å². The van der Waals surface area contributed by atoms with Crippen molar-refractivity contribution >= 4 is 17.5 Å². The molecule has 1 aliphatic rings. The van der Waals surface area contributed by atoms with Gasteiger partial charge in [-0.1, -0.05) is 18.2 Å². The minimum absolute atomic E-state index is 0.00419. The van der Waals surface area contributed by atoms with Gasteiger partial charge < -0.3 is 20.1 Å². The first-order valence-electron chi connectivity index (χ1n) is 9.41. The lowest BCUT2D eigenvalue weighted by atomic mass is 10.1. The number of hydrogen-bond acceptors (Lipinski definition) is 4. The van der Waals surface area contributed by atoms with Crippen LogP contribution < -0.4 is 15.0 Å². The summed E-state index contributed by atoms with van der Waals surface area (Å²) >= 11 is 0. The molecule has 1 fully saturated rings. The van der Waals surface area contributed by atoms with Crippen molar-refractivity contribution in [2.45, 2.75) is 25.8 Å². The maximum atomic E-state index is 14.2. The number of nitrogens with one attached hydrogen (secondary N) is 1. The van der Waals surface area contributed by atoms with Crippen LogP contribution in [0.4, 0.5) is 23.2 Å². The fourth-order valence-corrected chi connectivity index (χ4v) is 3.30. The van der Waals surface area contributed by atoms with E-state index in [9.17, 15) is 32.3 Å². The summed E-state index contributed by atoms with van der Waals surface area (Å²) in [5.74, 6) is -2.57. The Morgan fingerprint density at radius 3 is 2.55 bits per heavy atom. The number of nitrogens with zero attached hydrogens (tertiary/aromatic N) is 1. The van der Waals surface area contributed by atoms with E-state index in [1.165, 1.54) is 29.2 Å². The fraction of sp³-hybridized carbons (Fsp3) is 0.333. The van der Waals surface area contributed by atoms with Gasteiger partial charge in [-0.25, -0.2) is 4.39 Å². The summed E-state index contributed by atoms with van der Waals surface area (Å²) in [7, 11) is 0. The minimum atomic E-state index is -4.82. The summed E-state index contributed by atoms with van der Waals surface area (Å²) in [5, 5.41) is 12.7. The molecule has 3 rings (SSSR count). The van der Waals surface area contributed by atoms with Crippen LogP contribution in [0, 0.1) is 18.7 Å². The zero-order valence-electron chi connectivity index (χ0n) is 16.4. The predicted octanol–water partition coefficient (Wildman–Crippen LogP) is 3.24. The molecule has 2 atom stereocenters. The third kappa shape index (κ3) is 5.72. The lowest BCUT2D eigenvalue weighted by Crippen LogP contribution is -2.35. The zero-order valence-corrected chi connectivity index (χ0v) is 16.4. The number of amides is 2. The second-order valence-electron chi connectivity index (χ2n) is 7.24. The summed E-state index contributed by atoms with van der Waals surface area (Å²) in [6.45, 7) is 1.52. The molecule has 2 aromatic carbocycles. The second kappa shape index (κ2) is 8.93. The van der Waals surface area contributed by atoms with Crippen molar-refractivity contribution in [1.29, 1.82) is 0 Å². The Morgan fingerprint density at radius 2 is 1.94 bits per heavy atom. The van der Waals surface area contributed by atoms with E-state index in [2.05, 4.69) is 10.1 Å². The number of aryl methyl sites for hydroxylation is 1. The Bertz CT molecular complexity index is 963. The highest BCUT2D eigenvalue weighted by molar-refractivity contribution is 6.00. The summed E-state index contributed by atoms with van der Waals surface area (Å²) in [6.07, 6.45) is -6.09. The quantitative estimate of drug-likeness (QED) is 0.677. The lowest BCUT2D eigenvalue weighted by molar-refractivity contribution is -0.274. The molecule has 0 bridgehead atoms. The molecule has 31 heavy (non-hydrogen) atoms. The van der Waals surface area contributed by atoms with Gasteiger partial charge in [0.05, 0.1) is 17.7 Å². The molecule has 2 aromatic rings. The molecule has 0 aromatic heterocycles. The number of hydrogen-bond donors (Lipinski definition) is 2. The van der Waals surface area contributed by atoms with Crippen molar-refractivity contribution in [2.75, 3.05) is 18.0 Å². The van der Waals surface area contributed by atoms with Crippen LogP contribution >= 0.6 is 0 Å².